The van der Waals surface area contributed by atoms with Crippen molar-refractivity contribution in [3.63, 3.8) is 0 Å². The minimum atomic E-state index is -0.150. The van der Waals surface area contributed by atoms with Gasteiger partial charge < -0.3 is 20.3 Å². The summed E-state index contributed by atoms with van der Waals surface area (Å²) in [4.78, 5) is 22.3. The van der Waals surface area contributed by atoms with Gasteiger partial charge in [0.2, 0.25) is 5.95 Å². The molecule has 1 aliphatic rings. The number of carbonyl (C=O) groups excluding carboxylic acids is 1. The molecule has 20 heavy (non-hydrogen) atoms. The Hall–Kier alpha value is -1.89. The topological polar surface area (TPSA) is 79.4 Å². The number of amides is 2. The SMILES string of the molecule is COCCNC(=O)NC1CCCN(c2ncccn2)C1. The van der Waals surface area contributed by atoms with Gasteiger partial charge in [-0.1, -0.05) is 0 Å². The molecule has 0 aromatic carbocycles. The van der Waals surface area contributed by atoms with E-state index in [-0.39, 0.29) is 12.1 Å². The van der Waals surface area contributed by atoms with Crippen molar-refractivity contribution >= 4 is 12.0 Å². The predicted octanol–water partition coefficient (Wildman–Crippen LogP) is 0.391. The summed E-state index contributed by atoms with van der Waals surface area (Å²) >= 11 is 0. The second kappa shape index (κ2) is 7.64. The molecule has 0 radical (unpaired) electrons. The van der Waals surface area contributed by atoms with Crippen LogP contribution in [0, 0.1) is 0 Å². The van der Waals surface area contributed by atoms with Crippen molar-refractivity contribution in [3.05, 3.63) is 18.5 Å². The third kappa shape index (κ3) is 4.34. The Bertz CT molecular complexity index is 414. The predicted molar refractivity (Wildman–Crippen MR) is 75.7 cm³/mol. The van der Waals surface area contributed by atoms with Crippen molar-refractivity contribution in [1.82, 2.24) is 20.6 Å². The van der Waals surface area contributed by atoms with Crippen LogP contribution in [0.2, 0.25) is 0 Å². The van der Waals surface area contributed by atoms with E-state index in [0.717, 1.165) is 31.9 Å². The molecule has 0 bridgehead atoms. The van der Waals surface area contributed by atoms with E-state index in [9.17, 15) is 4.79 Å². The van der Waals surface area contributed by atoms with Crippen LogP contribution in [0.3, 0.4) is 0 Å². The molecular weight excluding hydrogens is 258 g/mol. The van der Waals surface area contributed by atoms with Crippen LogP contribution in [0.25, 0.3) is 0 Å². The van der Waals surface area contributed by atoms with Crippen molar-refractivity contribution in [2.24, 2.45) is 0 Å². The Morgan fingerprint density at radius 2 is 2.30 bits per heavy atom. The largest absolute Gasteiger partial charge is 0.383 e. The fourth-order valence-electron chi connectivity index (χ4n) is 2.23. The molecule has 7 heteroatoms. The van der Waals surface area contributed by atoms with E-state index in [2.05, 4.69) is 25.5 Å². The first-order chi connectivity index (χ1) is 9.79. The fourth-order valence-corrected chi connectivity index (χ4v) is 2.23. The minimum absolute atomic E-state index is 0.120. The highest BCUT2D eigenvalue weighted by Crippen LogP contribution is 2.14. The summed E-state index contributed by atoms with van der Waals surface area (Å²) in [5.41, 5.74) is 0. The number of ether oxygens (including phenoxy) is 1. The highest BCUT2D eigenvalue weighted by Gasteiger charge is 2.22. The molecule has 0 saturated carbocycles. The zero-order valence-corrected chi connectivity index (χ0v) is 11.7. The summed E-state index contributed by atoms with van der Waals surface area (Å²) < 4.78 is 4.89. The molecule has 0 aliphatic carbocycles. The Kier molecular flexibility index (Phi) is 5.55. The van der Waals surface area contributed by atoms with Gasteiger partial charge in [0, 0.05) is 45.2 Å². The lowest BCUT2D eigenvalue weighted by atomic mass is 10.1. The van der Waals surface area contributed by atoms with Gasteiger partial charge >= 0.3 is 6.03 Å². The standard InChI is InChI=1S/C13H21N5O2/c1-20-9-7-16-13(19)17-11-4-2-8-18(10-11)12-14-5-3-6-15-12/h3,5-6,11H,2,4,7-10H2,1H3,(H2,16,17,19). The fraction of sp³-hybridized carbons (Fsp3) is 0.615. The summed E-state index contributed by atoms with van der Waals surface area (Å²) in [7, 11) is 1.61. The number of anilines is 1. The number of nitrogens with one attached hydrogen (secondary N) is 2. The van der Waals surface area contributed by atoms with E-state index in [1.54, 1.807) is 25.6 Å². The average molecular weight is 279 g/mol. The number of piperidine rings is 1. The molecule has 7 nitrogen and oxygen atoms in total. The smallest absolute Gasteiger partial charge is 0.315 e. The molecule has 1 aromatic heterocycles. The number of nitrogens with zero attached hydrogens (tertiary/aromatic N) is 3. The second-order valence-electron chi connectivity index (χ2n) is 4.73. The van der Waals surface area contributed by atoms with Gasteiger partial charge in [-0.25, -0.2) is 14.8 Å². The number of rotatable bonds is 5. The van der Waals surface area contributed by atoms with Gasteiger partial charge in [-0.15, -0.1) is 0 Å². The third-order valence-electron chi connectivity index (χ3n) is 3.18. The van der Waals surface area contributed by atoms with Gasteiger partial charge in [0.15, 0.2) is 0 Å². The molecule has 2 heterocycles. The molecule has 1 aliphatic heterocycles. The quantitative estimate of drug-likeness (QED) is 0.762. The number of methoxy groups -OCH3 is 1. The van der Waals surface area contributed by atoms with Crippen LogP contribution in [0.5, 0.6) is 0 Å². The maximum Gasteiger partial charge on any atom is 0.315 e. The minimum Gasteiger partial charge on any atom is -0.383 e. The molecular formula is C13H21N5O2. The molecule has 1 atom stereocenters. The van der Waals surface area contributed by atoms with Crippen LogP contribution in [0.1, 0.15) is 12.8 Å². The van der Waals surface area contributed by atoms with E-state index in [0.29, 0.717) is 13.2 Å². The zero-order valence-electron chi connectivity index (χ0n) is 11.7. The van der Waals surface area contributed by atoms with E-state index < -0.39 is 0 Å². The highest BCUT2D eigenvalue weighted by atomic mass is 16.5. The Morgan fingerprint density at radius 3 is 3.05 bits per heavy atom. The molecule has 2 N–H and O–H groups in total. The van der Waals surface area contributed by atoms with E-state index in [1.807, 2.05) is 0 Å². The summed E-state index contributed by atoms with van der Waals surface area (Å²) in [5.74, 6) is 0.721. The normalized spacial score (nSPS) is 18.6. The van der Waals surface area contributed by atoms with E-state index in [4.69, 9.17) is 4.74 Å². The zero-order chi connectivity index (χ0) is 14.2. The Balaban J connectivity index is 1.80. The lowest BCUT2D eigenvalue weighted by molar-refractivity contribution is 0.194. The molecule has 1 aromatic rings. The van der Waals surface area contributed by atoms with Crippen molar-refractivity contribution < 1.29 is 9.53 Å². The van der Waals surface area contributed by atoms with Crippen molar-refractivity contribution in [2.75, 3.05) is 38.3 Å². The van der Waals surface area contributed by atoms with Gasteiger partial charge in [-0.3, -0.25) is 0 Å². The van der Waals surface area contributed by atoms with Crippen LogP contribution in [0.4, 0.5) is 10.7 Å². The van der Waals surface area contributed by atoms with Gasteiger partial charge in [0.05, 0.1) is 6.61 Å². The summed E-state index contributed by atoms with van der Waals surface area (Å²) in [6, 6.07) is 1.77. The second-order valence-corrected chi connectivity index (χ2v) is 4.73. The van der Waals surface area contributed by atoms with Crippen LogP contribution in [-0.4, -0.2) is 55.4 Å². The van der Waals surface area contributed by atoms with Crippen molar-refractivity contribution in [2.45, 2.75) is 18.9 Å². The highest BCUT2D eigenvalue weighted by molar-refractivity contribution is 5.74. The third-order valence-corrected chi connectivity index (χ3v) is 3.18. The maximum absolute atomic E-state index is 11.7. The van der Waals surface area contributed by atoms with Crippen molar-refractivity contribution in [3.8, 4) is 0 Å². The average Bonchev–Trinajstić information content (AvgIpc) is 2.49. The number of hydrogen-bond donors (Lipinski definition) is 2. The monoisotopic (exact) mass is 279 g/mol. The van der Waals surface area contributed by atoms with Crippen LogP contribution in [-0.2, 0) is 4.74 Å². The lowest BCUT2D eigenvalue weighted by Gasteiger charge is -2.33. The number of hydrogen-bond acceptors (Lipinski definition) is 5. The first-order valence-electron chi connectivity index (χ1n) is 6.85. The van der Waals surface area contributed by atoms with Gasteiger partial charge in [0.25, 0.3) is 0 Å². The number of carbonyl (C=O) groups is 1. The van der Waals surface area contributed by atoms with Gasteiger partial charge in [-0.2, -0.15) is 0 Å². The molecule has 2 amide bonds. The number of aromatic nitrogens is 2. The van der Waals surface area contributed by atoms with Crippen LogP contribution in [0.15, 0.2) is 18.5 Å². The summed E-state index contributed by atoms with van der Waals surface area (Å²) in [6.07, 6.45) is 5.45. The molecule has 1 unspecified atom stereocenters. The van der Waals surface area contributed by atoms with Crippen LogP contribution >= 0.6 is 0 Å². The van der Waals surface area contributed by atoms with Crippen LogP contribution < -0.4 is 15.5 Å². The molecule has 2 rings (SSSR count). The molecule has 110 valence electrons. The van der Waals surface area contributed by atoms with E-state index >= 15 is 0 Å². The Labute approximate surface area is 118 Å². The summed E-state index contributed by atoms with van der Waals surface area (Å²) in [5, 5.41) is 5.74. The van der Waals surface area contributed by atoms with Gasteiger partial charge in [-0.05, 0) is 18.9 Å². The molecule has 0 spiro atoms. The molecule has 1 fully saturated rings. The lowest BCUT2D eigenvalue weighted by Crippen LogP contribution is -2.51. The number of urea groups is 1. The maximum atomic E-state index is 11.7. The van der Waals surface area contributed by atoms with Crippen molar-refractivity contribution in [1.29, 1.82) is 0 Å². The van der Waals surface area contributed by atoms with Gasteiger partial charge in [0.1, 0.15) is 0 Å². The first kappa shape index (κ1) is 14.5. The Morgan fingerprint density at radius 1 is 1.50 bits per heavy atom. The molecule has 1 saturated heterocycles. The van der Waals surface area contributed by atoms with E-state index in [1.165, 1.54) is 0 Å². The summed E-state index contributed by atoms with van der Waals surface area (Å²) in [6.45, 7) is 2.69. The first-order valence-corrected chi connectivity index (χ1v) is 6.85.